The molecule has 0 radical (unpaired) electrons. The van der Waals surface area contributed by atoms with Crippen LogP contribution in [0.15, 0.2) is 0 Å². The highest BCUT2D eigenvalue weighted by Gasteiger charge is 2.21. The number of hydrogen-bond acceptors (Lipinski definition) is 4. The molecular weight excluding hydrogens is 190 g/mol. The Bertz CT molecular complexity index is 238. The Morgan fingerprint density at radius 3 is 2.36 bits per heavy atom. The third-order valence-corrected chi connectivity index (χ3v) is 1.36. The minimum absolute atomic E-state index is 0.151. The van der Waals surface area contributed by atoms with Crippen molar-refractivity contribution in [2.24, 2.45) is 0 Å². The van der Waals surface area contributed by atoms with Crippen molar-refractivity contribution in [3.63, 3.8) is 0 Å². The topological polar surface area (TPSA) is 92.7 Å². The Hall–Kier alpha value is -1.59. The van der Waals surface area contributed by atoms with Gasteiger partial charge < -0.3 is 15.2 Å². The fraction of sp³-hybridized carbons (Fsp3) is 0.625. The second-order valence-electron chi connectivity index (χ2n) is 2.66. The lowest BCUT2D eigenvalue weighted by Crippen LogP contribution is -2.42. The molecule has 0 aliphatic heterocycles. The maximum absolute atomic E-state index is 10.8. The van der Waals surface area contributed by atoms with Crippen molar-refractivity contribution in [2.75, 3.05) is 6.61 Å². The highest BCUT2D eigenvalue weighted by molar-refractivity contribution is 5.86. The molecular formula is C8H13NO5. The van der Waals surface area contributed by atoms with Crippen LogP contribution in [-0.4, -0.2) is 35.6 Å². The van der Waals surface area contributed by atoms with Crippen molar-refractivity contribution in [3.8, 4) is 0 Å². The van der Waals surface area contributed by atoms with Crippen molar-refractivity contribution >= 4 is 17.8 Å². The summed E-state index contributed by atoms with van der Waals surface area (Å²) < 4.78 is 4.48. The molecule has 6 heteroatoms. The number of hydrogen-bond donors (Lipinski definition) is 2. The quantitative estimate of drug-likeness (QED) is 0.664. The van der Waals surface area contributed by atoms with Crippen molar-refractivity contribution in [3.05, 3.63) is 0 Å². The maximum atomic E-state index is 10.8. The maximum Gasteiger partial charge on any atom is 0.407 e. The predicted molar refractivity (Wildman–Crippen MR) is 46.9 cm³/mol. The second kappa shape index (κ2) is 5.95. The third-order valence-electron chi connectivity index (χ3n) is 1.36. The average Bonchev–Trinajstić information content (AvgIpc) is 2.02. The van der Waals surface area contributed by atoms with Crippen LogP contribution >= 0.6 is 0 Å². The van der Waals surface area contributed by atoms with Crippen LogP contribution in [0.2, 0.25) is 0 Å². The number of nitrogens with one attached hydrogen (secondary N) is 1. The number of ketones is 1. The summed E-state index contributed by atoms with van der Waals surface area (Å²) in [4.78, 5) is 32.0. The van der Waals surface area contributed by atoms with Gasteiger partial charge in [0, 0.05) is 6.42 Å². The second-order valence-corrected chi connectivity index (χ2v) is 2.66. The van der Waals surface area contributed by atoms with Gasteiger partial charge in [-0.1, -0.05) is 0 Å². The Morgan fingerprint density at radius 1 is 1.43 bits per heavy atom. The Balaban J connectivity index is 4.16. The standard InChI is InChI=1S/C8H13NO5/c1-3-14-8(13)9-6(7(11)12)4-5(2)10/h6H,3-4H2,1-2H3,(H,9,13)(H,11,12). The largest absolute Gasteiger partial charge is 0.480 e. The molecule has 0 aromatic carbocycles. The van der Waals surface area contributed by atoms with Gasteiger partial charge in [-0.05, 0) is 13.8 Å². The van der Waals surface area contributed by atoms with Crippen molar-refractivity contribution < 1.29 is 24.2 Å². The molecule has 14 heavy (non-hydrogen) atoms. The van der Waals surface area contributed by atoms with Gasteiger partial charge in [0.1, 0.15) is 11.8 Å². The number of aliphatic carboxylic acids is 1. The van der Waals surface area contributed by atoms with Crippen LogP contribution in [0.25, 0.3) is 0 Å². The molecule has 1 unspecified atom stereocenters. The van der Waals surface area contributed by atoms with Crippen LogP contribution < -0.4 is 5.32 Å². The first-order valence-corrected chi connectivity index (χ1v) is 4.13. The number of carbonyl (C=O) groups is 3. The third kappa shape index (κ3) is 5.13. The molecule has 0 aliphatic rings. The minimum atomic E-state index is -1.26. The number of rotatable bonds is 5. The summed E-state index contributed by atoms with van der Waals surface area (Å²) in [5.74, 6) is -1.57. The molecule has 0 aromatic heterocycles. The smallest absolute Gasteiger partial charge is 0.407 e. The van der Waals surface area contributed by atoms with Gasteiger partial charge in [0.2, 0.25) is 0 Å². The molecule has 0 aliphatic carbocycles. The van der Waals surface area contributed by atoms with Crippen molar-refractivity contribution in [2.45, 2.75) is 26.3 Å². The lowest BCUT2D eigenvalue weighted by Gasteiger charge is -2.12. The van der Waals surface area contributed by atoms with Gasteiger partial charge in [-0.25, -0.2) is 9.59 Å². The van der Waals surface area contributed by atoms with Gasteiger partial charge in [0.05, 0.1) is 6.61 Å². The molecule has 1 amide bonds. The predicted octanol–water partition coefficient (Wildman–Crippen LogP) is 0.165. The normalized spacial score (nSPS) is 11.6. The summed E-state index contributed by atoms with van der Waals surface area (Å²) in [5.41, 5.74) is 0. The van der Waals surface area contributed by atoms with Crippen LogP contribution in [-0.2, 0) is 14.3 Å². The molecule has 80 valence electrons. The van der Waals surface area contributed by atoms with Gasteiger partial charge in [-0.3, -0.25) is 4.79 Å². The summed E-state index contributed by atoms with van der Waals surface area (Å²) in [6.07, 6.45) is -1.07. The monoisotopic (exact) mass is 203 g/mol. The molecule has 0 fully saturated rings. The zero-order valence-electron chi connectivity index (χ0n) is 8.07. The number of Topliss-reactive ketones (excluding diaryl/α,β-unsaturated/α-hetero) is 1. The van der Waals surface area contributed by atoms with E-state index in [1.807, 2.05) is 0 Å². The number of amides is 1. The van der Waals surface area contributed by atoms with E-state index < -0.39 is 18.1 Å². The van der Waals surface area contributed by atoms with Gasteiger partial charge >= 0.3 is 12.1 Å². The number of alkyl carbamates (subject to hydrolysis) is 1. The summed E-state index contributed by atoms with van der Waals surface area (Å²) in [6.45, 7) is 3.00. The Morgan fingerprint density at radius 2 is 2.00 bits per heavy atom. The molecule has 0 rings (SSSR count). The number of carboxylic acids is 1. The van der Waals surface area contributed by atoms with Crippen LogP contribution in [0.3, 0.4) is 0 Å². The molecule has 0 heterocycles. The first kappa shape index (κ1) is 12.4. The van der Waals surface area contributed by atoms with E-state index in [9.17, 15) is 14.4 Å². The number of ether oxygens (including phenoxy) is 1. The number of carboxylic acid groups (broad SMARTS) is 1. The van der Waals surface area contributed by atoms with E-state index in [0.29, 0.717) is 0 Å². The zero-order chi connectivity index (χ0) is 11.1. The first-order valence-electron chi connectivity index (χ1n) is 4.13. The molecule has 0 aromatic rings. The SMILES string of the molecule is CCOC(=O)NC(CC(C)=O)C(=O)O. The molecule has 2 N–H and O–H groups in total. The fourth-order valence-electron chi connectivity index (χ4n) is 0.803. The van der Waals surface area contributed by atoms with Crippen LogP contribution in [0.1, 0.15) is 20.3 Å². The Kier molecular flexibility index (Phi) is 5.28. The molecule has 0 saturated heterocycles. The van der Waals surface area contributed by atoms with Crippen LogP contribution in [0.5, 0.6) is 0 Å². The lowest BCUT2D eigenvalue weighted by molar-refractivity contribution is -0.140. The van der Waals surface area contributed by atoms with Crippen molar-refractivity contribution in [1.29, 1.82) is 0 Å². The molecule has 0 saturated carbocycles. The van der Waals surface area contributed by atoms with E-state index in [-0.39, 0.29) is 18.8 Å². The van der Waals surface area contributed by atoms with E-state index in [4.69, 9.17) is 5.11 Å². The van der Waals surface area contributed by atoms with Crippen LogP contribution in [0.4, 0.5) is 4.79 Å². The van der Waals surface area contributed by atoms with E-state index >= 15 is 0 Å². The highest BCUT2D eigenvalue weighted by Crippen LogP contribution is 1.94. The molecule has 6 nitrogen and oxygen atoms in total. The summed E-state index contributed by atoms with van der Waals surface area (Å²) in [5, 5.41) is 10.7. The highest BCUT2D eigenvalue weighted by atomic mass is 16.5. The minimum Gasteiger partial charge on any atom is -0.480 e. The van der Waals surface area contributed by atoms with Gasteiger partial charge in [0.15, 0.2) is 0 Å². The van der Waals surface area contributed by atoms with E-state index in [0.717, 1.165) is 0 Å². The first-order chi connectivity index (χ1) is 6.47. The number of carbonyl (C=O) groups excluding carboxylic acids is 2. The van der Waals surface area contributed by atoms with E-state index in [1.54, 1.807) is 6.92 Å². The summed E-state index contributed by atoms with van der Waals surface area (Å²) >= 11 is 0. The van der Waals surface area contributed by atoms with Gasteiger partial charge in [0.25, 0.3) is 0 Å². The van der Waals surface area contributed by atoms with Gasteiger partial charge in [-0.2, -0.15) is 0 Å². The fourth-order valence-corrected chi connectivity index (χ4v) is 0.803. The van der Waals surface area contributed by atoms with E-state index in [1.165, 1.54) is 6.92 Å². The summed E-state index contributed by atoms with van der Waals surface area (Å²) in [7, 11) is 0. The average molecular weight is 203 g/mol. The van der Waals surface area contributed by atoms with E-state index in [2.05, 4.69) is 10.1 Å². The van der Waals surface area contributed by atoms with Crippen LogP contribution in [0, 0.1) is 0 Å². The van der Waals surface area contributed by atoms with Crippen molar-refractivity contribution in [1.82, 2.24) is 5.32 Å². The molecule has 1 atom stereocenters. The Labute approximate surface area is 81.2 Å². The molecule has 0 spiro atoms. The lowest BCUT2D eigenvalue weighted by atomic mass is 10.1. The molecule has 0 bridgehead atoms. The summed E-state index contributed by atoms with van der Waals surface area (Å²) in [6, 6.07) is -1.22. The zero-order valence-corrected chi connectivity index (χ0v) is 8.07. The van der Waals surface area contributed by atoms with Gasteiger partial charge in [-0.15, -0.1) is 0 Å².